The molecule has 7 nitrogen and oxygen atoms in total. The monoisotopic (exact) mass is 281 g/mol. The molecule has 1 fully saturated rings. The van der Waals surface area contributed by atoms with Crippen LogP contribution >= 0.6 is 0 Å². The number of amides is 1. The van der Waals surface area contributed by atoms with Gasteiger partial charge in [-0.05, 0) is 20.3 Å². The van der Waals surface area contributed by atoms with Crippen molar-refractivity contribution in [2.75, 3.05) is 19.7 Å². The van der Waals surface area contributed by atoms with E-state index in [0.29, 0.717) is 18.7 Å². The number of aryl methyl sites for hydroxylation is 2. The number of ether oxygens (including phenoxy) is 1. The molecule has 1 amide bonds. The van der Waals surface area contributed by atoms with Crippen LogP contribution in [0.1, 0.15) is 17.8 Å². The van der Waals surface area contributed by atoms with Crippen LogP contribution in [-0.4, -0.2) is 51.4 Å². The number of hydrogen-bond acceptors (Lipinski definition) is 4. The van der Waals surface area contributed by atoms with Crippen LogP contribution in [0.5, 0.6) is 5.75 Å². The highest BCUT2D eigenvalue weighted by molar-refractivity contribution is 5.80. The first-order valence-electron chi connectivity index (χ1n) is 6.53. The second-order valence-corrected chi connectivity index (χ2v) is 5.08. The average molecular weight is 281 g/mol. The summed E-state index contributed by atoms with van der Waals surface area (Å²) in [6, 6.07) is 0. The van der Waals surface area contributed by atoms with E-state index in [4.69, 9.17) is 9.84 Å². The van der Waals surface area contributed by atoms with E-state index in [0.717, 1.165) is 11.4 Å². The number of likely N-dealkylation sites (tertiary alicyclic amines) is 1. The fraction of sp³-hybridized carbons (Fsp3) is 0.615. The molecule has 1 aliphatic rings. The predicted octanol–water partition coefficient (Wildman–Crippen LogP) is 0.349. The molecule has 0 aromatic carbocycles. The lowest BCUT2D eigenvalue weighted by atomic mass is 10.1. The molecule has 7 heteroatoms. The van der Waals surface area contributed by atoms with Crippen molar-refractivity contribution in [3.63, 3.8) is 0 Å². The normalized spacial score (nSPS) is 18.4. The molecule has 1 aliphatic heterocycles. The summed E-state index contributed by atoms with van der Waals surface area (Å²) in [4.78, 5) is 24.4. The van der Waals surface area contributed by atoms with Crippen LogP contribution in [0.4, 0.5) is 0 Å². The van der Waals surface area contributed by atoms with Gasteiger partial charge in [-0.2, -0.15) is 5.10 Å². The Kier molecular flexibility index (Phi) is 3.96. The van der Waals surface area contributed by atoms with Gasteiger partial charge in [-0.3, -0.25) is 14.3 Å². The lowest BCUT2D eigenvalue weighted by Gasteiger charge is -2.16. The van der Waals surface area contributed by atoms with Crippen LogP contribution in [0, 0.1) is 19.8 Å². The molecular weight excluding hydrogens is 262 g/mol. The molecule has 0 bridgehead atoms. The van der Waals surface area contributed by atoms with Gasteiger partial charge in [0.25, 0.3) is 5.91 Å². The van der Waals surface area contributed by atoms with Crippen molar-refractivity contribution in [1.82, 2.24) is 14.7 Å². The number of rotatable bonds is 4. The molecule has 2 rings (SSSR count). The molecule has 110 valence electrons. The van der Waals surface area contributed by atoms with Crippen LogP contribution in [-0.2, 0) is 16.6 Å². The molecule has 1 atom stereocenters. The standard InChI is InChI=1S/C13H19N3O4/c1-8-12(9(2)15(3)14-8)20-7-11(17)16-5-4-10(6-16)13(18)19/h10H,4-7H2,1-3H3,(H,18,19)/t10-/m0/s1. The number of carboxylic acid groups (broad SMARTS) is 1. The van der Waals surface area contributed by atoms with Crippen molar-refractivity contribution >= 4 is 11.9 Å². The molecule has 0 saturated carbocycles. The van der Waals surface area contributed by atoms with Gasteiger partial charge in [0, 0.05) is 20.1 Å². The zero-order chi connectivity index (χ0) is 14.9. The highest BCUT2D eigenvalue weighted by atomic mass is 16.5. The summed E-state index contributed by atoms with van der Waals surface area (Å²) in [6.45, 7) is 4.35. The molecule has 0 spiro atoms. The Balaban J connectivity index is 1.91. The van der Waals surface area contributed by atoms with Gasteiger partial charge < -0.3 is 14.7 Å². The Bertz CT molecular complexity index is 538. The molecule has 1 saturated heterocycles. The minimum atomic E-state index is -0.847. The lowest BCUT2D eigenvalue weighted by Crippen LogP contribution is -2.33. The third-order valence-corrected chi connectivity index (χ3v) is 3.67. The predicted molar refractivity (Wildman–Crippen MR) is 70.5 cm³/mol. The van der Waals surface area contributed by atoms with E-state index >= 15 is 0 Å². The summed E-state index contributed by atoms with van der Waals surface area (Å²) >= 11 is 0. The maximum Gasteiger partial charge on any atom is 0.308 e. The summed E-state index contributed by atoms with van der Waals surface area (Å²) in [6.07, 6.45) is 0.506. The third kappa shape index (κ3) is 2.76. The zero-order valence-electron chi connectivity index (χ0n) is 11.9. The lowest BCUT2D eigenvalue weighted by molar-refractivity contribution is -0.141. The number of carbonyl (C=O) groups is 2. The Morgan fingerprint density at radius 1 is 1.45 bits per heavy atom. The average Bonchev–Trinajstić information content (AvgIpc) is 2.95. The first kappa shape index (κ1) is 14.4. The minimum Gasteiger partial charge on any atom is -0.481 e. The van der Waals surface area contributed by atoms with Crippen LogP contribution < -0.4 is 4.74 Å². The molecule has 1 aromatic rings. The quantitative estimate of drug-likeness (QED) is 0.860. The number of aliphatic carboxylic acids is 1. The van der Waals surface area contributed by atoms with Crippen LogP contribution in [0.15, 0.2) is 0 Å². The summed E-state index contributed by atoms with van der Waals surface area (Å²) in [7, 11) is 1.81. The topological polar surface area (TPSA) is 84.7 Å². The van der Waals surface area contributed by atoms with E-state index in [1.165, 1.54) is 0 Å². The number of nitrogens with zero attached hydrogens (tertiary/aromatic N) is 3. The van der Waals surface area contributed by atoms with E-state index in [2.05, 4.69) is 5.10 Å². The Morgan fingerprint density at radius 3 is 2.65 bits per heavy atom. The van der Waals surface area contributed by atoms with Crippen molar-refractivity contribution < 1.29 is 19.4 Å². The minimum absolute atomic E-state index is 0.0836. The maximum atomic E-state index is 12.0. The number of carboxylic acids is 1. The van der Waals surface area contributed by atoms with Gasteiger partial charge >= 0.3 is 5.97 Å². The van der Waals surface area contributed by atoms with Gasteiger partial charge in [-0.25, -0.2) is 0 Å². The maximum absolute atomic E-state index is 12.0. The fourth-order valence-corrected chi connectivity index (χ4v) is 2.38. The van der Waals surface area contributed by atoms with Crippen LogP contribution in [0.2, 0.25) is 0 Å². The smallest absolute Gasteiger partial charge is 0.308 e. The molecular formula is C13H19N3O4. The van der Waals surface area contributed by atoms with E-state index in [1.807, 2.05) is 20.9 Å². The molecule has 1 aromatic heterocycles. The first-order chi connectivity index (χ1) is 9.40. The fourth-order valence-electron chi connectivity index (χ4n) is 2.38. The molecule has 1 N–H and O–H groups in total. The first-order valence-corrected chi connectivity index (χ1v) is 6.53. The Hall–Kier alpha value is -2.05. The third-order valence-electron chi connectivity index (χ3n) is 3.67. The Labute approximate surface area is 117 Å². The van der Waals surface area contributed by atoms with Crippen molar-refractivity contribution in [1.29, 1.82) is 0 Å². The highest BCUT2D eigenvalue weighted by Gasteiger charge is 2.31. The van der Waals surface area contributed by atoms with Crippen molar-refractivity contribution in [3.05, 3.63) is 11.4 Å². The zero-order valence-corrected chi connectivity index (χ0v) is 11.9. The largest absolute Gasteiger partial charge is 0.481 e. The second kappa shape index (κ2) is 5.52. The van der Waals surface area contributed by atoms with Gasteiger partial charge in [-0.15, -0.1) is 0 Å². The van der Waals surface area contributed by atoms with Crippen LogP contribution in [0.25, 0.3) is 0 Å². The molecule has 0 unspecified atom stereocenters. The van der Waals surface area contributed by atoms with E-state index in [-0.39, 0.29) is 19.1 Å². The summed E-state index contributed by atoms with van der Waals surface area (Å²) in [5, 5.41) is 13.1. The molecule has 2 heterocycles. The molecule has 0 aliphatic carbocycles. The van der Waals surface area contributed by atoms with Crippen molar-refractivity contribution in [2.24, 2.45) is 13.0 Å². The van der Waals surface area contributed by atoms with E-state index in [1.54, 1.807) is 9.58 Å². The van der Waals surface area contributed by atoms with Crippen molar-refractivity contribution in [3.8, 4) is 5.75 Å². The SMILES string of the molecule is Cc1nn(C)c(C)c1OCC(=O)N1CC[C@H](C(=O)O)C1. The number of aromatic nitrogens is 2. The number of carbonyl (C=O) groups excluding carboxylic acids is 1. The Morgan fingerprint density at radius 2 is 2.15 bits per heavy atom. The van der Waals surface area contributed by atoms with Crippen LogP contribution in [0.3, 0.4) is 0 Å². The van der Waals surface area contributed by atoms with Gasteiger partial charge in [0.15, 0.2) is 12.4 Å². The van der Waals surface area contributed by atoms with Crippen molar-refractivity contribution in [2.45, 2.75) is 20.3 Å². The van der Waals surface area contributed by atoms with Gasteiger partial charge in [0.2, 0.25) is 0 Å². The van der Waals surface area contributed by atoms with Gasteiger partial charge in [-0.1, -0.05) is 0 Å². The summed E-state index contributed by atoms with van der Waals surface area (Å²) in [5.41, 5.74) is 1.60. The summed E-state index contributed by atoms with van der Waals surface area (Å²) in [5.74, 6) is -0.868. The molecule has 20 heavy (non-hydrogen) atoms. The summed E-state index contributed by atoms with van der Waals surface area (Å²) < 4.78 is 7.24. The van der Waals surface area contributed by atoms with E-state index < -0.39 is 11.9 Å². The highest BCUT2D eigenvalue weighted by Crippen LogP contribution is 2.22. The molecule has 0 radical (unpaired) electrons. The van der Waals surface area contributed by atoms with E-state index in [9.17, 15) is 9.59 Å². The van der Waals surface area contributed by atoms with Gasteiger partial charge in [0.05, 0.1) is 11.6 Å². The van der Waals surface area contributed by atoms with Gasteiger partial charge in [0.1, 0.15) is 5.69 Å². The second-order valence-electron chi connectivity index (χ2n) is 5.08. The number of hydrogen-bond donors (Lipinski definition) is 1.